The van der Waals surface area contributed by atoms with Gasteiger partial charge in [-0.1, -0.05) is 19.3 Å². The Morgan fingerprint density at radius 3 is 2.78 bits per heavy atom. The lowest BCUT2D eigenvalue weighted by molar-refractivity contribution is -0.124. The smallest absolute Gasteiger partial charge is 0.264 e. The Kier molecular flexibility index (Phi) is 6.08. The molecule has 4 aliphatic rings. The Labute approximate surface area is 190 Å². The van der Waals surface area contributed by atoms with E-state index in [0.29, 0.717) is 36.0 Å². The highest BCUT2D eigenvalue weighted by molar-refractivity contribution is 6.01. The topological polar surface area (TPSA) is 96.6 Å². The number of furan rings is 1. The molecule has 5 rings (SSSR count). The number of amides is 1. The lowest BCUT2D eigenvalue weighted by Crippen LogP contribution is -2.62. The molecule has 3 N–H and O–H groups in total. The lowest BCUT2D eigenvalue weighted by atomic mass is 9.84. The van der Waals surface area contributed by atoms with E-state index in [-0.39, 0.29) is 17.6 Å². The van der Waals surface area contributed by atoms with E-state index in [1.165, 1.54) is 43.4 Å². The van der Waals surface area contributed by atoms with Crippen molar-refractivity contribution in [3.8, 4) is 6.07 Å². The summed E-state index contributed by atoms with van der Waals surface area (Å²) < 4.78 is 6.23. The van der Waals surface area contributed by atoms with E-state index in [0.717, 1.165) is 18.8 Å². The first-order valence-electron chi connectivity index (χ1n) is 12.0. The Morgan fingerprint density at radius 1 is 1.22 bits per heavy atom. The molecular formula is C24H34N6O2. The summed E-state index contributed by atoms with van der Waals surface area (Å²) in [5.74, 6) is 1.69. The Morgan fingerprint density at radius 2 is 2.03 bits per heavy atom. The molecule has 0 aromatic carbocycles. The Hall–Kier alpha value is -2.18. The minimum Gasteiger partial charge on any atom is -0.459 e. The highest BCUT2D eigenvalue weighted by Gasteiger charge is 2.53. The van der Waals surface area contributed by atoms with Crippen molar-refractivity contribution in [3.63, 3.8) is 0 Å². The molecule has 32 heavy (non-hydrogen) atoms. The maximum absolute atomic E-state index is 12.2. The van der Waals surface area contributed by atoms with Crippen LogP contribution in [0.5, 0.6) is 0 Å². The Balaban J connectivity index is 1.44. The van der Waals surface area contributed by atoms with E-state index in [1.807, 2.05) is 18.2 Å². The zero-order valence-corrected chi connectivity index (χ0v) is 19.0. The summed E-state index contributed by atoms with van der Waals surface area (Å²) in [6.07, 6.45) is 9.56. The number of hydrogen-bond donors (Lipinski definition) is 3. The number of hydrogen-bond acceptors (Lipinski definition) is 7. The number of nitrogens with zero attached hydrogens (tertiary/aromatic N) is 3. The van der Waals surface area contributed by atoms with Crippen LogP contribution in [-0.2, 0) is 4.79 Å². The zero-order valence-electron chi connectivity index (χ0n) is 19.0. The van der Waals surface area contributed by atoms with E-state index < -0.39 is 0 Å². The van der Waals surface area contributed by atoms with Gasteiger partial charge in [0.1, 0.15) is 29.3 Å². The number of nitriles is 1. The average molecular weight is 439 g/mol. The molecule has 3 saturated heterocycles. The summed E-state index contributed by atoms with van der Waals surface area (Å²) >= 11 is 0. The van der Waals surface area contributed by atoms with Crippen molar-refractivity contribution < 1.29 is 9.21 Å². The van der Waals surface area contributed by atoms with Crippen LogP contribution in [-0.4, -0.2) is 67.2 Å². The number of fused-ring (bicyclic) bond motifs is 3. The van der Waals surface area contributed by atoms with Crippen molar-refractivity contribution in [3.05, 3.63) is 29.2 Å². The van der Waals surface area contributed by atoms with Gasteiger partial charge in [-0.05, 0) is 37.9 Å². The molecule has 5 atom stereocenters. The summed E-state index contributed by atoms with van der Waals surface area (Å²) in [6.45, 7) is 2.02. The third-order valence-electron chi connectivity index (χ3n) is 7.65. The van der Waals surface area contributed by atoms with Crippen molar-refractivity contribution in [1.82, 2.24) is 25.8 Å². The summed E-state index contributed by atoms with van der Waals surface area (Å²) in [5.41, 5.74) is 0.0807. The highest BCUT2D eigenvalue weighted by Crippen LogP contribution is 2.42. The quantitative estimate of drug-likeness (QED) is 0.487. The number of rotatable bonds is 4. The van der Waals surface area contributed by atoms with Gasteiger partial charge in [0.25, 0.3) is 5.91 Å². The van der Waals surface area contributed by atoms with E-state index in [9.17, 15) is 10.1 Å². The molecule has 1 saturated carbocycles. The molecule has 1 amide bonds. The molecule has 4 fully saturated rings. The molecule has 3 aliphatic heterocycles. The van der Waals surface area contributed by atoms with E-state index >= 15 is 0 Å². The molecule has 1 aromatic rings. The molecule has 5 unspecified atom stereocenters. The number of nitrogens with one attached hydrogen (secondary N) is 3. The fourth-order valence-electron chi connectivity index (χ4n) is 6.22. The minimum absolute atomic E-state index is 0.0199. The van der Waals surface area contributed by atoms with Gasteiger partial charge in [-0.2, -0.15) is 5.26 Å². The van der Waals surface area contributed by atoms with Gasteiger partial charge in [0, 0.05) is 50.8 Å². The van der Waals surface area contributed by atoms with E-state index in [1.54, 1.807) is 20.2 Å². The van der Waals surface area contributed by atoms with Crippen molar-refractivity contribution in [2.45, 2.75) is 69.0 Å². The highest BCUT2D eigenvalue weighted by atomic mass is 16.3. The maximum atomic E-state index is 12.2. The van der Waals surface area contributed by atoms with Crippen LogP contribution in [0.1, 0.15) is 56.2 Å². The minimum atomic E-state index is -0.315. The van der Waals surface area contributed by atoms with Crippen LogP contribution in [0.2, 0.25) is 0 Å². The second kappa shape index (κ2) is 8.99. The third-order valence-corrected chi connectivity index (χ3v) is 7.65. The van der Waals surface area contributed by atoms with Crippen LogP contribution in [0.15, 0.2) is 22.1 Å². The number of likely N-dealkylation sites (N-methyl/N-ethyl adjacent to an activating group) is 1. The molecule has 8 heteroatoms. The molecule has 0 spiro atoms. The molecule has 0 bridgehead atoms. The summed E-state index contributed by atoms with van der Waals surface area (Å²) in [5, 5.41) is 20.6. The summed E-state index contributed by atoms with van der Waals surface area (Å²) in [6, 6.07) is 7.31. The molecule has 172 valence electrons. The molecule has 1 aliphatic carbocycles. The third kappa shape index (κ3) is 3.88. The SMILES string of the molecule is CN(C)C(=O)/C(C#N)=C/c1ccc(C2NC3CNC4NCCC4C3N2C2CCCCC2)o1. The van der Waals surface area contributed by atoms with Gasteiger partial charge in [-0.25, -0.2) is 0 Å². The van der Waals surface area contributed by atoms with Crippen molar-refractivity contribution in [2.75, 3.05) is 27.2 Å². The standard InChI is InChI=1S/C24H34N6O2/c1-29(2)24(31)15(13-25)12-17-8-9-20(32-17)23-28-19-14-27-22-18(10-11-26-22)21(19)30(23)16-6-4-3-5-7-16/h8-9,12,16,18-19,21-23,26-28H,3-7,10-11,14H2,1-2H3/b15-12+. The summed E-state index contributed by atoms with van der Waals surface area (Å²) in [7, 11) is 3.29. The van der Waals surface area contributed by atoms with Gasteiger partial charge < -0.3 is 20.0 Å². The van der Waals surface area contributed by atoms with Crippen LogP contribution in [0.25, 0.3) is 6.08 Å². The lowest BCUT2D eigenvalue weighted by Gasteiger charge is -2.44. The van der Waals surface area contributed by atoms with Crippen LogP contribution in [0, 0.1) is 17.2 Å². The zero-order chi connectivity index (χ0) is 22.2. The van der Waals surface area contributed by atoms with Crippen LogP contribution >= 0.6 is 0 Å². The number of carbonyl (C=O) groups excluding carboxylic acids is 1. The molecule has 8 nitrogen and oxygen atoms in total. The maximum Gasteiger partial charge on any atom is 0.264 e. The van der Waals surface area contributed by atoms with Crippen molar-refractivity contribution >= 4 is 12.0 Å². The van der Waals surface area contributed by atoms with Gasteiger partial charge in [0.2, 0.25) is 0 Å². The van der Waals surface area contributed by atoms with Crippen molar-refractivity contribution in [1.29, 1.82) is 5.26 Å². The predicted octanol–water partition coefficient (Wildman–Crippen LogP) is 1.79. The van der Waals surface area contributed by atoms with Gasteiger partial charge >= 0.3 is 0 Å². The summed E-state index contributed by atoms with van der Waals surface area (Å²) in [4.78, 5) is 16.4. The van der Waals surface area contributed by atoms with Crippen LogP contribution in [0.3, 0.4) is 0 Å². The largest absolute Gasteiger partial charge is 0.459 e. The number of carbonyl (C=O) groups is 1. The normalized spacial score (nSPS) is 33.5. The molecular weight excluding hydrogens is 404 g/mol. The monoisotopic (exact) mass is 438 g/mol. The van der Waals surface area contributed by atoms with Crippen LogP contribution in [0.4, 0.5) is 0 Å². The molecule has 4 heterocycles. The predicted molar refractivity (Wildman–Crippen MR) is 121 cm³/mol. The first-order chi connectivity index (χ1) is 15.6. The second-order valence-electron chi connectivity index (χ2n) is 9.81. The molecule has 0 radical (unpaired) electrons. The fourth-order valence-corrected chi connectivity index (χ4v) is 6.22. The van der Waals surface area contributed by atoms with Gasteiger partial charge in [0.05, 0.1) is 6.17 Å². The fraction of sp³-hybridized carbons (Fsp3) is 0.667. The number of piperidine rings is 1. The first kappa shape index (κ1) is 21.7. The second-order valence-corrected chi connectivity index (χ2v) is 9.81. The van der Waals surface area contributed by atoms with Gasteiger partial charge in [-0.15, -0.1) is 0 Å². The molecule has 1 aromatic heterocycles. The van der Waals surface area contributed by atoms with Crippen molar-refractivity contribution in [2.24, 2.45) is 5.92 Å². The van der Waals surface area contributed by atoms with E-state index in [2.05, 4.69) is 20.9 Å². The van der Waals surface area contributed by atoms with E-state index in [4.69, 9.17) is 4.42 Å². The Bertz CT molecular complexity index is 912. The first-order valence-corrected chi connectivity index (χ1v) is 12.0. The van der Waals surface area contributed by atoms with Gasteiger partial charge in [0.15, 0.2) is 0 Å². The van der Waals surface area contributed by atoms with Crippen LogP contribution < -0.4 is 16.0 Å². The van der Waals surface area contributed by atoms with Gasteiger partial charge in [-0.3, -0.25) is 15.0 Å². The average Bonchev–Trinajstić information content (AvgIpc) is 3.54.